The molecule has 0 N–H and O–H groups in total. The van der Waals surface area contributed by atoms with Crippen molar-refractivity contribution in [3.63, 3.8) is 0 Å². The first-order valence-electron chi connectivity index (χ1n) is 5.95. The predicted octanol–water partition coefficient (Wildman–Crippen LogP) is 4.16. The minimum Gasteiger partial charge on any atom is -0.497 e. The van der Waals surface area contributed by atoms with Gasteiger partial charge >= 0.3 is 0 Å². The molecule has 3 aromatic rings. The second-order valence-electron chi connectivity index (χ2n) is 4.12. The lowest BCUT2D eigenvalue weighted by atomic mass is 10.2. The Labute approximate surface area is 128 Å². The molecule has 102 valence electrons. The van der Waals surface area contributed by atoms with Crippen LogP contribution >= 0.6 is 27.3 Å². The van der Waals surface area contributed by atoms with Crippen molar-refractivity contribution in [1.29, 1.82) is 0 Å². The molecule has 0 saturated carbocycles. The topological polar surface area (TPSA) is 48.2 Å². The number of methoxy groups -OCH3 is 1. The van der Waals surface area contributed by atoms with Crippen LogP contribution in [-0.4, -0.2) is 17.3 Å². The van der Waals surface area contributed by atoms with Crippen LogP contribution in [0, 0.1) is 0 Å². The second-order valence-corrected chi connectivity index (χ2v) is 6.00. The van der Waals surface area contributed by atoms with E-state index >= 15 is 0 Å². The van der Waals surface area contributed by atoms with Crippen LogP contribution in [-0.2, 0) is 6.42 Å². The summed E-state index contributed by atoms with van der Waals surface area (Å²) in [6.45, 7) is 0. The van der Waals surface area contributed by atoms with E-state index in [9.17, 15) is 0 Å². The lowest BCUT2D eigenvalue weighted by molar-refractivity contribution is 0.412. The van der Waals surface area contributed by atoms with Crippen LogP contribution in [0.4, 0.5) is 0 Å². The van der Waals surface area contributed by atoms with Gasteiger partial charge in [-0.15, -0.1) is 11.3 Å². The third kappa shape index (κ3) is 2.76. The Balaban J connectivity index is 1.89. The van der Waals surface area contributed by atoms with Gasteiger partial charge in [-0.1, -0.05) is 11.2 Å². The van der Waals surface area contributed by atoms with Gasteiger partial charge in [-0.3, -0.25) is 0 Å². The normalized spacial score (nSPS) is 10.7. The Kier molecular flexibility index (Phi) is 3.84. The fourth-order valence-corrected chi connectivity index (χ4v) is 2.92. The van der Waals surface area contributed by atoms with Crippen LogP contribution in [0.5, 0.6) is 5.75 Å². The molecule has 6 heteroatoms. The zero-order valence-corrected chi connectivity index (χ0v) is 13.1. The molecule has 0 radical (unpaired) electrons. The number of ether oxygens (including phenoxy) is 1. The molecule has 0 aliphatic carbocycles. The molecular formula is C14H11BrN2O2S. The Hall–Kier alpha value is -1.66. The first-order chi connectivity index (χ1) is 9.76. The van der Waals surface area contributed by atoms with E-state index in [1.54, 1.807) is 18.4 Å². The summed E-state index contributed by atoms with van der Waals surface area (Å²) in [6, 6.07) is 9.71. The molecule has 2 aromatic heterocycles. The first kappa shape index (κ1) is 13.3. The molecule has 1 aromatic carbocycles. The summed E-state index contributed by atoms with van der Waals surface area (Å²) in [4.78, 5) is 5.65. The standard InChI is InChI=1S/C14H11BrN2O2S/c1-18-9-4-5-12(15)11(7-9)14-16-13(17-19-14)8-10-3-2-6-20-10/h2-7H,8H2,1H3. The molecule has 0 atom stereocenters. The summed E-state index contributed by atoms with van der Waals surface area (Å²) in [5.41, 5.74) is 0.828. The molecule has 0 unspecified atom stereocenters. The molecule has 0 spiro atoms. The molecular weight excluding hydrogens is 340 g/mol. The Morgan fingerprint density at radius 3 is 3.00 bits per heavy atom. The van der Waals surface area contributed by atoms with Gasteiger partial charge in [0.2, 0.25) is 0 Å². The summed E-state index contributed by atoms with van der Waals surface area (Å²) in [5.74, 6) is 1.92. The smallest absolute Gasteiger partial charge is 0.259 e. The number of hydrogen-bond donors (Lipinski definition) is 0. The van der Waals surface area contributed by atoms with Crippen molar-refractivity contribution in [2.24, 2.45) is 0 Å². The fraction of sp³-hybridized carbons (Fsp3) is 0.143. The molecule has 2 heterocycles. The minimum absolute atomic E-state index is 0.488. The van der Waals surface area contributed by atoms with Crippen molar-refractivity contribution in [2.75, 3.05) is 7.11 Å². The maximum Gasteiger partial charge on any atom is 0.259 e. The van der Waals surface area contributed by atoms with Gasteiger partial charge in [-0.05, 0) is 45.6 Å². The van der Waals surface area contributed by atoms with E-state index in [4.69, 9.17) is 9.26 Å². The van der Waals surface area contributed by atoms with Gasteiger partial charge in [-0.2, -0.15) is 4.98 Å². The van der Waals surface area contributed by atoms with E-state index in [1.165, 1.54) is 4.88 Å². The molecule has 4 nitrogen and oxygen atoms in total. The average molecular weight is 351 g/mol. The van der Waals surface area contributed by atoms with Crippen LogP contribution in [0.1, 0.15) is 10.7 Å². The van der Waals surface area contributed by atoms with Crippen LogP contribution in [0.15, 0.2) is 44.7 Å². The molecule has 3 rings (SSSR count). The number of benzene rings is 1. The Morgan fingerprint density at radius 1 is 1.35 bits per heavy atom. The van der Waals surface area contributed by atoms with E-state index in [1.807, 2.05) is 29.6 Å². The van der Waals surface area contributed by atoms with E-state index in [0.29, 0.717) is 18.1 Å². The summed E-state index contributed by atoms with van der Waals surface area (Å²) < 4.78 is 11.4. The zero-order chi connectivity index (χ0) is 13.9. The fourth-order valence-electron chi connectivity index (χ4n) is 1.80. The van der Waals surface area contributed by atoms with E-state index in [2.05, 4.69) is 32.1 Å². The first-order valence-corrected chi connectivity index (χ1v) is 7.62. The maximum absolute atomic E-state index is 5.34. The van der Waals surface area contributed by atoms with Crippen molar-refractivity contribution in [2.45, 2.75) is 6.42 Å². The number of hydrogen-bond acceptors (Lipinski definition) is 5. The van der Waals surface area contributed by atoms with Crippen molar-refractivity contribution >= 4 is 27.3 Å². The molecule has 0 aliphatic rings. The zero-order valence-electron chi connectivity index (χ0n) is 10.7. The van der Waals surface area contributed by atoms with Gasteiger partial charge in [0.05, 0.1) is 12.7 Å². The number of nitrogens with zero attached hydrogens (tertiary/aromatic N) is 2. The van der Waals surface area contributed by atoms with Crippen molar-refractivity contribution < 1.29 is 9.26 Å². The lowest BCUT2D eigenvalue weighted by Gasteiger charge is -2.02. The highest BCUT2D eigenvalue weighted by atomic mass is 79.9. The second kappa shape index (κ2) is 5.76. The predicted molar refractivity (Wildman–Crippen MR) is 81.1 cm³/mol. The van der Waals surface area contributed by atoms with Gasteiger partial charge in [0.25, 0.3) is 5.89 Å². The molecule has 0 bridgehead atoms. The molecule has 0 amide bonds. The van der Waals surface area contributed by atoms with Crippen molar-refractivity contribution in [3.8, 4) is 17.2 Å². The Morgan fingerprint density at radius 2 is 2.25 bits per heavy atom. The monoisotopic (exact) mass is 350 g/mol. The maximum atomic E-state index is 5.34. The van der Waals surface area contributed by atoms with Gasteiger partial charge in [0.15, 0.2) is 5.82 Å². The number of halogens is 1. The van der Waals surface area contributed by atoms with Crippen molar-refractivity contribution in [3.05, 3.63) is 50.9 Å². The molecule has 0 aliphatic heterocycles. The van der Waals surface area contributed by atoms with E-state index in [-0.39, 0.29) is 0 Å². The summed E-state index contributed by atoms with van der Waals surface area (Å²) in [7, 11) is 1.63. The van der Waals surface area contributed by atoms with Gasteiger partial charge in [-0.25, -0.2) is 0 Å². The van der Waals surface area contributed by atoms with E-state index in [0.717, 1.165) is 15.8 Å². The quantitative estimate of drug-likeness (QED) is 0.708. The van der Waals surface area contributed by atoms with E-state index < -0.39 is 0 Å². The highest BCUT2D eigenvalue weighted by Crippen LogP contribution is 2.30. The number of thiophene rings is 1. The van der Waals surface area contributed by atoms with Crippen LogP contribution < -0.4 is 4.74 Å². The summed E-state index contributed by atoms with van der Waals surface area (Å²) in [6.07, 6.45) is 0.683. The highest BCUT2D eigenvalue weighted by molar-refractivity contribution is 9.10. The van der Waals surface area contributed by atoms with Crippen LogP contribution in [0.25, 0.3) is 11.5 Å². The third-order valence-electron chi connectivity index (χ3n) is 2.78. The Bertz CT molecular complexity index is 710. The highest BCUT2D eigenvalue weighted by Gasteiger charge is 2.13. The van der Waals surface area contributed by atoms with Gasteiger partial charge in [0.1, 0.15) is 5.75 Å². The van der Waals surface area contributed by atoms with Crippen LogP contribution in [0.2, 0.25) is 0 Å². The van der Waals surface area contributed by atoms with Gasteiger partial charge in [0, 0.05) is 15.8 Å². The lowest BCUT2D eigenvalue weighted by Crippen LogP contribution is -1.88. The van der Waals surface area contributed by atoms with Gasteiger partial charge < -0.3 is 9.26 Å². The molecule has 0 saturated heterocycles. The number of rotatable bonds is 4. The molecule has 20 heavy (non-hydrogen) atoms. The SMILES string of the molecule is COc1ccc(Br)c(-c2nc(Cc3cccs3)no2)c1. The minimum atomic E-state index is 0.488. The molecule has 0 fully saturated rings. The van der Waals surface area contributed by atoms with Crippen molar-refractivity contribution in [1.82, 2.24) is 10.1 Å². The largest absolute Gasteiger partial charge is 0.497 e. The summed E-state index contributed by atoms with van der Waals surface area (Å²) in [5, 5.41) is 6.06. The summed E-state index contributed by atoms with van der Waals surface area (Å²) >= 11 is 5.17. The third-order valence-corrected chi connectivity index (χ3v) is 4.35. The number of aromatic nitrogens is 2. The average Bonchev–Trinajstić information content (AvgIpc) is 3.12. The van der Waals surface area contributed by atoms with Crippen LogP contribution in [0.3, 0.4) is 0 Å².